The Balaban J connectivity index is 3.46. The molecule has 0 aromatic heterocycles. The van der Waals surface area contributed by atoms with Gasteiger partial charge < -0.3 is 0 Å². The monoisotopic (exact) mass is 218 g/mol. The van der Waals surface area contributed by atoms with E-state index in [9.17, 15) is 17.6 Å². The number of benzene rings is 1. The van der Waals surface area contributed by atoms with Crippen molar-refractivity contribution >= 4 is 22.7 Å². The zero-order valence-electron chi connectivity index (χ0n) is 5.17. The van der Waals surface area contributed by atoms with Gasteiger partial charge in [0.1, 0.15) is 0 Å². The van der Waals surface area contributed by atoms with E-state index in [1.165, 1.54) is 0 Å². The predicted octanol–water partition coefficient (Wildman–Crippen LogP) is 1.04. The fraction of sp³-hybridized carbons (Fsp3) is 0. The van der Waals surface area contributed by atoms with Crippen LogP contribution in [0.2, 0.25) is 0 Å². The number of rotatable bonds is 0. The van der Waals surface area contributed by atoms with Gasteiger partial charge in [0.25, 0.3) is 0 Å². The van der Waals surface area contributed by atoms with Gasteiger partial charge in [0.05, 0.1) is 0 Å². The summed E-state index contributed by atoms with van der Waals surface area (Å²) in [6.07, 6.45) is 0. The molecule has 1 rings (SSSR count). The van der Waals surface area contributed by atoms with Crippen LogP contribution in [0.5, 0.6) is 0 Å². The Morgan fingerprint density at radius 2 is 1.45 bits per heavy atom. The molecule has 0 amide bonds. The SMILES string of the molecule is Fc1c[c]([Ga])c(F)c(F)c1F. The molecule has 11 heavy (non-hydrogen) atoms. The molecular formula is C6HF4Ga. The Morgan fingerprint density at radius 1 is 0.909 bits per heavy atom. The van der Waals surface area contributed by atoms with Gasteiger partial charge in [-0.25, -0.2) is 0 Å². The zero-order valence-corrected chi connectivity index (χ0v) is 7.59. The number of hydrogen-bond donors (Lipinski definition) is 0. The number of hydrogen-bond acceptors (Lipinski definition) is 0. The van der Waals surface area contributed by atoms with Crippen molar-refractivity contribution < 1.29 is 17.6 Å². The Hall–Kier alpha value is -0.424. The average Bonchev–Trinajstić information content (AvgIpc) is 1.97. The molecule has 0 saturated carbocycles. The molecule has 0 spiro atoms. The van der Waals surface area contributed by atoms with E-state index in [0.717, 1.165) is 0 Å². The molecule has 0 atom stereocenters. The van der Waals surface area contributed by atoms with Gasteiger partial charge in [-0.1, -0.05) is 0 Å². The summed E-state index contributed by atoms with van der Waals surface area (Å²) in [6, 6.07) is 0.633. The second-order valence-electron chi connectivity index (χ2n) is 1.89. The van der Waals surface area contributed by atoms with Crippen LogP contribution >= 0.6 is 0 Å². The molecule has 0 aliphatic rings. The van der Waals surface area contributed by atoms with Crippen LogP contribution in [0, 0.1) is 23.3 Å². The summed E-state index contributed by atoms with van der Waals surface area (Å²) in [6.45, 7) is 0. The van der Waals surface area contributed by atoms with E-state index in [0.29, 0.717) is 24.7 Å². The normalized spacial score (nSPS) is 10.2. The maximum atomic E-state index is 12.4. The predicted molar refractivity (Wildman–Crippen MR) is 31.7 cm³/mol. The Labute approximate surface area is 70.1 Å². The molecule has 56 valence electrons. The van der Waals surface area contributed by atoms with Gasteiger partial charge in [-0.05, 0) is 0 Å². The topological polar surface area (TPSA) is 0 Å². The second-order valence-corrected chi connectivity index (χ2v) is 3.19. The van der Waals surface area contributed by atoms with Crippen molar-refractivity contribution in [3.63, 3.8) is 0 Å². The summed E-state index contributed by atoms with van der Waals surface area (Å²) in [7, 11) is 0. The van der Waals surface area contributed by atoms with Crippen LogP contribution in [-0.2, 0) is 0 Å². The zero-order chi connectivity index (χ0) is 8.59. The molecule has 0 aliphatic carbocycles. The molecule has 5 heteroatoms. The third-order valence-electron chi connectivity index (χ3n) is 1.13. The molecule has 0 N–H and O–H groups in total. The van der Waals surface area contributed by atoms with Crippen LogP contribution in [0.25, 0.3) is 0 Å². The van der Waals surface area contributed by atoms with E-state index in [1.807, 2.05) is 0 Å². The van der Waals surface area contributed by atoms with E-state index in [1.54, 1.807) is 0 Å². The van der Waals surface area contributed by atoms with Crippen molar-refractivity contribution in [2.75, 3.05) is 0 Å². The van der Waals surface area contributed by atoms with E-state index < -0.39 is 23.3 Å². The molecule has 0 aliphatic heterocycles. The first kappa shape index (κ1) is 8.67. The van der Waals surface area contributed by atoms with Gasteiger partial charge in [-0.3, -0.25) is 0 Å². The Kier molecular flexibility index (Phi) is 2.29. The first-order chi connectivity index (χ1) is 5.04. The van der Waals surface area contributed by atoms with Gasteiger partial charge in [-0.2, -0.15) is 0 Å². The Bertz CT molecular complexity index is 271. The van der Waals surface area contributed by atoms with Gasteiger partial charge in [0.2, 0.25) is 0 Å². The third-order valence-corrected chi connectivity index (χ3v) is 2.01. The molecule has 0 heterocycles. The summed E-state index contributed by atoms with van der Waals surface area (Å²) in [5, 5.41) is 0. The summed E-state index contributed by atoms with van der Waals surface area (Å²) < 4.78 is 48.9. The minimum absolute atomic E-state index is 0.186. The second kappa shape index (κ2) is 2.90. The maximum absolute atomic E-state index is 12.4. The fourth-order valence-corrected chi connectivity index (χ4v) is 1.16. The molecule has 1 aromatic rings. The van der Waals surface area contributed by atoms with Crippen LogP contribution in [0.4, 0.5) is 17.6 Å². The van der Waals surface area contributed by atoms with Crippen LogP contribution in [0.1, 0.15) is 0 Å². The molecule has 0 saturated heterocycles. The van der Waals surface area contributed by atoms with Gasteiger partial charge in [0.15, 0.2) is 0 Å². The molecule has 2 radical (unpaired) electrons. The first-order valence-corrected chi connectivity index (χ1v) is 3.83. The van der Waals surface area contributed by atoms with Crippen molar-refractivity contribution in [2.45, 2.75) is 0 Å². The van der Waals surface area contributed by atoms with Crippen LogP contribution in [-0.4, -0.2) is 18.6 Å². The quantitative estimate of drug-likeness (QED) is 0.264. The van der Waals surface area contributed by atoms with Gasteiger partial charge >= 0.3 is 69.6 Å². The molecule has 0 fully saturated rings. The van der Waals surface area contributed by atoms with E-state index in [2.05, 4.69) is 0 Å². The van der Waals surface area contributed by atoms with Crippen molar-refractivity contribution in [3.05, 3.63) is 29.3 Å². The van der Waals surface area contributed by atoms with Crippen molar-refractivity contribution in [1.29, 1.82) is 0 Å². The Morgan fingerprint density at radius 3 is 2.00 bits per heavy atom. The van der Waals surface area contributed by atoms with Crippen molar-refractivity contribution in [1.82, 2.24) is 0 Å². The van der Waals surface area contributed by atoms with Gasteiger partial charge in [0, 0.05) is 0 Å². The molecule has 0 bridgehead atoms. The van der Waals surface area contributed by atoms with Crippen molar-refractivity contribution in [3.8, 4) is 0 Å². The summed E-state index contributed by atoms with van der Waals surface area (Å²) >= 11 is 0.702. The van der Waals surface area contributed by atoms with Gasteiger partial charge in [-0.15, -0.1) is 0 Å². The third kappa shape index (κ3) is 1.43. The van der Waals surface area contributed by atoms with Crippen LogP contribution in [0.3, 0.4) is 0 Å². The van der Waals surface area contributed by atoms with Crippen LogP contribution in [0.15, 0.2) is 6.07 Å². The standard InChI is InChI=1S/C6HF4.Ga/c7-3-1-2-4(8)6(10)5(3)9;/h1H;. The van der Waals surface area contributed by atoms with Crippen LogP contribution < -0.4 is 4.12 Å². The first-order valence-electron chi connectivity index (χ1n) is 2.62. The summed E-state index contributed by atoms with van der Waals surface area (Å²) in [5.41, 5.74) is 0. The molecule has 0 unspecified atom stereocenters. The molecule has 0 nitrogen and oxygen atoms in total. The van der Waals surface area contributed by atoms with E-state index in [4.69, 9.17) is 0 Å². The van der Waals surface area contributed by atoms with E-state index >= 15 is 0 Å². The minimum atomic E-state index is -1.76. The average molecular weight is 219 g/mol. The molecular weight excluding hydrogens is 218 g/mol. The van der Waals surface area contributed by atoms with Crippen molar-refractivity contribution in [2.24, 2.45) is 0 Å². The summed E-state index contributed by atoms with van der Waals surface area (Å²) in [4.78, 5) is 0. The molecule has 1 aromatic carbocycles. The van der Waals surface area contributed by atoms with E-state index in [-0.39, 0.29) is 4.12 Å². The number of halogens is 4. The fourth-order valence-electron chi connectivity index (χ4n) is 0.591. The summed E-state index contributed by atoms with van der Waals surface area (Å²) in [5.74, 6) is -6.18.